The van der Waals surface area contributed by atoms with Crippen LogP contribution in [0.3, 0.4) is 0 Å². The van der Waals surface area contributed by atoms with E-state index in [-0.39, 0.29) is 6.42 Å². The zero-order chi connectivity index (χ0) is 14.9. The number of hydrogen-bond donors (Lipinski definition) is 1. The zero-order valence-corrected chi connectivity index (χ0v) is 11.7. The van der Waals surface area contributed by atoms with Crippen molar-refractivity contribution in [2.75, 3.05) is 18.0 Å². The molecule has 1 aromatic heterocycles. The SMILES string of the molecule is FC(F)(F)C1=CCN(c2ccnc(CNC3CC3)c2)CC1. The summed E-state index contributed by atoms with van der Waals surface area (Å²) >= 11 is 0. The second-order valence-corrected chi connectivity index (χ2v) is 5.58. The third-order valence-electron chi connectivity index (χ3n) is 3.89. The Morgan fingerprint density at radius 2 is 2.14 bits per heavy atom. The second kappa shape index (κ2) is 5.67. The van der Waals surface area contributed by atoms with E-state index in [2.05, 4.69) is 10.3 Å². The van der Waals surface area contributed by atoms with E-state index in [4.69, 9.17) is 0 Å². The maximum absolute atomic E-state index is 12.6. The van der Waals surface area contributed by atoms with Gasteiger partial charge >= 0.3 is 6.18 Å². The van der Waals surface area contributed by atoms with Crippen LogP contribution in [-0.2, 0) is 6.54 Å². The number of anilines is 1. The fourth-order valence-electron chi connectivity index (χ4n) is 2.46. The van der Waals surface area contributed by atoms with Crippen LogP contribution in [0.1, 0.15) is 25.0 Å². The lowest BCUT2D eigenvalue weighted by Gasteiger charge is -2.29. The molecule has 0 atom stereocenters. The number of nitrogens with one attached hydrogen (secondary N) is 1. The Balaban J connectivity index is 1.64. The lowest BCUT2D eigenvalue weighted by atomic mass is 10.1. The fraction of sp³-hybridized carbons (Fsp3) is 0.533. The van der Waals surface area contributed by atoms with Crippen LogP contribution >= 0.6 is 0 Å². The van der Waals surface area contributed by atoms with Crippen molar-refractivity contribution in [3.05, 3.63) is 35.7 Å². The van der Waals surface area contributed by atoms with Crippen LogP contribution < -0.4 is 10.2 Å². The molecule has 0 spiro atoms. The maximum Gasteiger partial charge on any atom is 0.412 e. The van der Waals surface area contributed by atoms with Crippen molar-refractivity contribution in [2.45, 2.75) is 38.0 Å². The molecule has 2 heterocycles. The largest absolute Gasteiger partial charge is 0.412 e. The highest BCUT2D eigenvalue weighted by Crippen LogP contribution is 2.31. The van der Waals surface area contributed by atoms with Crippen molar-refractivity contribution in [3.8, 4) is 0 Å². The first kappa shape index (κ1) is 14.4. The van der Waals surface area contributed by atoms with Gasteiger partial charge in [-0.1, -0.05) is 6.08 Å². The molecule has 0 unspecified atom stereocenters. The van der Waals surface area contributed by atoms with Crippen LogP contribution in [0, 0.1) is 0 Å². The number of alkyl halides is 3. The van der Waals surface area contributed by atoms with E-state index in [0.29, 0.717) is 19.1 Å². The van der Waals surface area contributed by atoms with Gasteiger partial charge in [0.2, 0.25) is 0 Å². The number of hydrogen-bond acceptors (Lipinski definition) is 3. The van der Waals surface area contributed by atoms with Gasteiger partial charge in [-0.05, 0) is 31.4 Å². The summed E-state index contributed by atoms with van der Waals surface area (Å²) in [7, 11) is 0. The molecule has 0 bridgehead atoms. The molecular weight excluding hydrogens is 279 g/mol. The van der Waals surface area contributed by atoms with Crippen molar-refractivity contribution in [2.24, 2.45) is 0 Å². The topological polar surface area (TPSA) is 28.2 Å². The van der Waals surface area contributed by atoms with Crippen molar-refractivity contribution in [3.63, 3.8) is 0 Å². The summed E-state index contributed by atoms with van der Waals surface area (Å²) in [5.41, 5.74) is 1.46. The van der Waals surface area contributed by atoms with Gasteiger partial charge in [0, 0.05) is 43.1 Å². The smallest absolute Gasteiger partial charge is 0.367 e. The maximum atomic E-state index is 12.6. The van der Waals surface area contributed by atoms with Gasteiger partial charge in [-0.25, -0.2) is 0 Å². The zero-order valence-electron chi connectivity index (χ0n) is 11.7. The molecule has 1 aromatic rings. The van der Waals surface area contributed by atoms with E-state index < -0.39 is 11.7 Å². The molecule has 21 heavy (non-hydrogen) atoms. The Kier molecular flexibility index (Phi) is 3.89. The van der Waals surface area contributed by atoms with Crippen LogP contribution in [0.2, 0.25) is 0 Å². The monoisotopic (exact) mass is 297 g/mol. The van der Waals surface area contributed by atoms with Gasteiger partial charge in [0.15, 0.2) is 0 Å². The molecule has 1 N–H and O–H groups in total. The Labute approximate surface area is 121 Å². The minimum absolute atomic E-state index is 0.0431. The van der Waals surface area contributed by atoms with E-state index in [1.165, 1.54) is 18.9 Å². The number of halogens is 3. The number of aromatic nitrogens is 1. The summed E-state index contributed by atoms with van der Waals surface area (Å²) in [6, 6.07) is 4.43. The van der Waals surface area contributed by atoms with Gasteiger partial charge in [0.05, 0.1) is 5.69 Å². The van der Waals surface area contributed by atoms with Crippen molar-refractivity contribution in [1.82, 2.24) is 10.3 Å². The molecule has 0 radical (unpaired) electrons. The molecule has 1 fully saturated rings. The Bertz CT molecular complexity index is 535. The Hall–Kier alpha value is -1.56. The summed E-state index contributed by atoms with van der Waals surface area (Å²) < 4.78 is 37.8. The van der Waals surface area contributed by atoms with E-state index >= 15 is 0 Å². The number of nitrogens with zero attached hydrogens (tertiary/aromatic N) is 2. The summed E-state index contributed by atoms with van der Waals surface area (Å²) in [4.78, 5) is 6.26. The van der Waals surface area contributed by atoms with Crippen LogP contribution in [0.25, 0.3) is 0 Å². The number of pyridine rings is 1. The molecule has 0 amide bonds. The predicted octanol–water partition coefficient (Wildman–Crippen LogP) is 3.03. The molecule has 1 aliphatic carbocycles. The highest BCUT2D eigenvalue weighted by atomic mass is 19.4. The molecule has 0 saturated heterocycles. The summed E-state index contributed by atoms with van der Waals surface area (Å²) in [6.45, 7) is 1.41. The molecule has 2 aliphatic rings. The minimum Gasteiger partial charge on any atom is -0.367 e. The van der Waals surface area contributed by atoms with E-state index in [9.17, 15) is 13.2 Å². The lowest BCUT2D eigenvalue weighted by Crippen LogP contribution is -2.32. The van der Waals surface area contributed by atoms with Gasteiger partial charge in [0.1, 0.15) is 0 Å². The lowest BCUT2D eigenvalue weighted by molar-refractivity contribution is -0.0943. The molecular formula is C15H18F3N3. The molecule has 1 saturated carbocycles. The third-order valence-corrected chi connectivity index (χ3v) is 3.89. The summed E-state index contributed by atoms with van der Waals surface area (Å²) in [6.07, 6.45) is 1.30. The molecule has 3 nitrogen and oxygen atoms in total. The van der Waals surface area contributed by atoms with Crippen LogP contribution in [0.15, 0.2) is 30.0 Å². The highest BCUT2D eigenvalue weighted by molar-refractivity contribution is 5.48. The Morgan fingerprint density at radius 1 is 1.33 bits per heavy atom. The molecule has 0 aromatic carbocycles. The van der Waals surface area contributed by atoms with Gasteiger partial charge in [-0.15, -0.1) is 0 Å². The van der Waals surface area contributed by atoms with Crippen molar-refractivity contribution >= 4 is 5.69 Å². The third kappa shape index (κ3) is 3.75. The van der Waals surface area contributed by atoms with Crippen molar-refractivity contribution in [1.29, 1.82) is 0 Å². The molecule has 1 aliphatic heterocycles. The quantitative estimate of drug-likeness (QED) is 0.866. The van der Waals surface area contributed by atoms with E-state index in [1.807, 2.05) is 17.0 Å². The van der Waals surface area contributed by atoms with Gasteiger partial charge < -0.3 is 10.2 Å². The standard InChI is InChI=1S/C15H18F3N3/c16-15(17,18)11-4-7-21(8-5-11)14-3-6-19-13(9-14)10-20-12-1-2-12/h3-4,6,9,12,20H,1-2,5,7-8,10H2. The summed E-state index contributed by atoms with van der Waals surface area (Å²) in [5.74, 6) is 0. The summed E-state index contributed by atoms with van der Waals surface area (Å²) in [5, 5.41) is 3.39. The Morgan fingerprint density at radius 3 is 2.76 bits per heavy atom. The van der Waals surface area contributed by atoms with Crippen LogP contribution in [-0.4, -0.2) is 30.3 Å². The van der Waals surface area contributed by atoms with Crippen molar-refractivity contribution < 1.29 is 13.2 Å². The predicted molar refractivity (Wildman–Crippen MR) is 75.1 cm³/mol. The van der Waals surface area contributed by atoms with E-state index in [1.54, 1.807) is 6.20 Å². The fourth-order valence-corrected chi connectivity index (χ4v) is 2.46. The van der Waals surface area contributed by atoms with Crippen LogP contribution in [0.5, 0.6) is 0 Å². The first-order chi connectivity index (χ1) is 10.0. The molecule has 3 rings (SSSR count). The van der Waals surface area contributed by atoms with Gasteiger partial charge in [-0.2, -0.15) is 13.2 Å². The van der Waals surface area contributed by atoms with Gasteiger partial charge in [0.25, 0.3) is 0 Å². The molecule has 114 valence electrons. The van der Waals surface area contributed by atoms with E-state index in [0.717, 1.165) is 17.9 Å². The first-order valence-corrected chi connectivity index (χ1v) is 7.22. The highest BCUT2D eigenvalue weighted by Gasteiger charge is 2.34. The average Bonchev–Trinajstić information content (AvgIpc) is 3.29. The molecule has 6 heteroatoms. The van der Waals surface area contributed by atoms with Gasteiger partial charge in [-0.3, -0.25) is 4.98 Å². The van der Waals surface area contributed by atoms with Crippen LogP contribution in [0.4, 0.5) is 18.9 Å². The number of rotatable bonds is 4. The normalized spacial score (nSPS) is 19.6. The first-order valence-electron chi connectivity index (χ1n) is 7.22. The minimum atomic E-state index is -4.19. The average molecular weight is 297 g/mol. The second-order valence-electron chi connectivity index (χ2n) is 5.58.